The van der Waals surface area contributed by atoms with Gasteiger partial charge in [0.25, 0.3) is 0 Å². The molecule has 1 aromatic carbocycles. The van der Waals surface area contributed by atoms with Crippen LogP contribution in [0, 0.1) is 5.92 Å². The summed E-state index contributed by atoms with van der Waals surface area (Å²) in [5, 5.41) is 0. The standard InChI is InChI=1S/C16H25N3O3S/c17-13-14-5-7-18(8-6-14)15-1-3-16(4-2-15)23(20,21)19-9-11-22-12-10-19/h1-4,14H,5-13,17H2. The molecule has 2 saturated heterocycles. The normalized spacial score (nSPS) is 21.5. The van der Waals surface area contributed by atoms with Gasteiger partial charge in [0.2, 0.25) is 10.0 Å². The fourth-order valence-corrected chi connectivity index (χ4v) is 4.60. The molecule has 2 N–H and O–H groups in total. The molecule has 0 aromatic heterocycles. The van der Waals surface area contributed by atoms with Crippen molar-refractivity contribution >= 4 is 15.7 Å². The number of ether oxygens (including phenoxy) is 1. The topological polar surface area (TPSA) is 75.9 Å². The van der Waals surface area contributed by atoms with Crippen LogP contribution in [0.3, 0.4) is 0 Å². The van der Waals surface area contributed by atoms with E-state index < -0.39 is 10.0 Å². The Morgan fingerprint density at radius 1 is 1.04 bits per heavy atom. The Bertz CT molecular complexity index is 604. The predicted molar refractivity (Wildman–Crippen MR) is 90.0 cm³/mol. The van der Waals surface area contributed by atoms with Crippen molar-refractivity contribution in [1.29, 1.82) is 0 Å². The van der Waals surface area contributed by atoms with Crippen molar-refractivity contribution in [2.75, 3.05) is 50.8 Å². The second-order valence-corrected chi connectivity index (χ2v) is 8.11. The Balaban J connectivity index is 1.69. The van der Waals surface area contributed by atoms with Gasteiger partial charge in [0.05, 0.1) is 18.1 Å². The second kappa shape index (κ2) is 7.17. The van der Waals surface area contributed by atoms with Gasteiger partial charge in [-0.3, -0.25) is 0 Å². The van der Waals surface area contributed by atoms with Crippen molar-refractivity contribution < 1.29 is 13.2 Å². The summed E-state index contributed by atoms with van der Waals surface area (Å²) in [6.45, 7) is 4.51. The molecule has 2 aliphatic rings. The van der Waals surface area contributed by atoms with Gasteiger partial charge in [-0.15, -0.1) is 0 Å². The van der Waals surface area contributed by atoms with E-state index in [1.807, 2.05) is 12.1 Å². The van der Waals surface area contributed by atoms with Crippen LogP contribution in [-0.2, 0) is 14.8 Å². The van der Waals surface area contributed by atoms with Crippen LogP contribution < -0.4 is 10.6 Å². The molecule has 0 unspecified atom stereocenters. The monoisotopic (exact) mass is 339 g/mol. The highest BCUT2D eigenvalue weighted by atomic mass is 32.2. The Kier molecular flexibility index (Phi) is 5.21. The minimum atomic E-state index is -3.40. The molecule has 6 nitrogen and oxygen atoms in total. The Hall–Kier alpha value is -1.15. The number of hydrogen-bond acceptors (Lipinski definition) is 5. The van der Waals surface area contributed by atoms with E-state index >= 15 is 0 Å². The maximum atomic E-state index is 12.6. The number of anilines is 1. The van der Waals surface area contributed by atoms with Gasteiger partial charge in [0, 0.05) is 31.9 Å². The molecule has 128 valence electrons. The summed E-state index contributed by atoms with van der Waals surface area (Å²) in [6.07, 6.45) is 2.20. The highest BCUT2D eigenvalue weighted by Crippen LogP contribution is 2.25. The van der Waals surface area contributed by atoms with Crippen LogP contribution in [0.1, 0.15) is 12.8 Å². The average Bonchev–Trinajstić information content (AvgIpc) is 2.63. The Morgan fingerprint density at radius 2 is 1.65 bits per heavy atom. The Labute approximate surface area is 138 Å². The van der Waals surface area contributed by atoms with Crippen LogP contribution >= 0.6 is 0 Å². The number of rotatable bonds is 4. The Morgan fingerprint density at radius 3 is 2.22 bits per heavy atom. The summed E-state index contributed by atoms with van der Waals surface area (Å²) < 4.78 is 31.9. The van der Waals surface area contributed by atoms with Crippen LogP contribution in [0.5, 0.6) is 0 Å². The van der Waals surface area contributed by atoms with Crippen molar-refractivity contribution in [3.63, 3.8) is 0 Å². The fraction of sp³-hybridized carbons (Fsp3) is 0.625. The molecule has 0 atom stereocenters. The number of sulfonamides is 1. The third-order valence-corrected chi connectivity index (χ3v) is 6.67. The van der Waals surface area contributed by atoms with E-state index in [0.29, 0.717) is 37.1 Å². The smallest absolute Gasteiger partial charge is 0.243 e. The first-order valence-corrected chi connectivity index (χ1v) is 9.68. The number of morpholine rings is 1. The van der Waals surface area contributed by atoms with E-state index in [4.69, 9.17) is 10.5 Å². The quantitative estimate of drug-likeness (QED) is 0.881. The lowest BCUT2D eigenvalue weighted by molar-refractivity contribution is 0.0730. The third kappa shape index (κ3) is 3.68. The van der Waals surface area contributed by atoms with E-state index in [9.17, 15) is 8.42 Å². The van der Waals surface area contributed by atoms with Crippen molar-refractivity contribution in [3.05, 3.63) is 24.3 Å². The van der Waals surface area contributed by atoms with Crippen LogP contribution in [0.15, 0.2) is 29.2 Å². The van der Waals surface area contributed by atoms with Gasteiger partial charge in [-0.05, 0) is 49.6 Å². The maximum absolute atomic E-state index is 12.6. The molecule has 3 rings (SSSR count). The van der Waals surface area contributed by atoms with E-state index in [1.54, 1.807) is 12.1 Å². The SMILES string of the molecule is NCC1CCN(c2ccc(S(=O)(=O)N3CCOCC3)cc2)CC1. The van der Waals surface area contributed by atoms with Gasteiger partial charge in [-0.1, -0.05) is 0 Å². The van der Waals surface area contributed by atoms with Crippen molar-refractivity contribution in [2.24, 2.45) is 11.7 Å². The first-order chi connectivity index (χ1) is 11.1. The van der Waals surface area contributed by atoms with Gasteiger partial charge in [-0.25, -0.2) is 8.42 Å². The molecule has 0 radical (unpaired) electrons. The minimum Gasteiger partial charge on any atom is -0.379 e. The lowest BCUT2D eigenvalue weighted by atomic mass is 9.97. The highest BCUT2D eigenvalue weighted by Gasteiger charge is 2.26. The molecule has 0 bridgehead atoms. The van der Waals surface area contributed by atoms with Crippen LogP contribution in [-0.4, -0.2) is 58.7 Å². The molecule has 2 fully saturated rings. The summed E-state index contributed by atoms with van der Waals surface area (Å²) in [6, 6.07) is 7.26. The minimum absolute atomic E-state index is 0.361. The fourth-order valence-electron chi connectivity index (χ4n) is 3.19. The van der Waals surface area contributed by atoms with Crippen molar-refractivity contribution in [2.45, 2.75) is 17.7 Å². The number of nitrogens with two attached hydrogens (primary N) is 1. The largest absolute Gasteiger partial charge is 0.379 e. The summed E-state index contributed by atoms with van der Waals surface area (Å²) in [5.74, 6) is 0.618. The predicted octanol–water partition coefficient (Wildman–Crippen LogP) is 0.883. The third-order valence-electron chi connectivity index (χ3n) is 4.76. The first kappa shape index (κ1) is 16.7. The molecule has 0 saturated carbocycles. The molecular weight excluding hydrogens is 314 g/mol. The molecule has 2 aliphatic heterocycles. The second-order valence-electron chi connectivity index (χ2n) is 6.18. The molecule has 0 aliphatic carbocycles. The van der Waals surface area contributed by atoms with E-state index in [1.165, 1.54) is 4.31 Å². The number of piperidine rings is 1. The van der Waals surface area contributed by atoms with E-state index in [0.717, 1.165) is 38.2 Å². The van der Waals surface area contributed by atoms with Gasteiger partial charge >= 0.3 is 0 Å². The molecule has 0 spiro atoms. The summed E-state index contributed by atoms with van der Waals surface area (Å²) in [7, 11) is -3.40. The van der Waals surface area contributed by atoms with Crippen LogP contribution in [0.4, 0.5) is 5.69 Å². The molecule has 1 aromatic rings. The maximum Gasteiger partial charge on any atom is 0.243 e. The molecule has 0 amide bonds. The molecule has 2 heterocycles. The van der Waals surface area contributed by atoms with Gasteiger partial charge in [0.15, 0.2) is 0 Å². The lowest BCUT2D eigenvalue weighted by Crippen LogP contribution is -2.40. The van der Waals surface area contributed by atoms with Crippen LogP contribution in [0.2, 0.25) is 0 Å². The first-order valence-electron chi connectivity index (χ1n) is 8.24. The zero-order chi connectivity index (χ0) is 16.3. The zero-order valence-corrected chi connectivity index (χ0v) is 14.2. The van der Waals surface area contributed by atoms with Gasteiger partial charge in [0.1, 0.15) is 0 Å². The number of nitrogens with zero attached hydrogens (tertiary/aromatic N) is 2. The average molecular weight is 339 g/mol. The van der Waals surface area contributed by atoms with E-state index in [2.05, 4.69) is 4.90 Å². The van der Waals surface area contributed by atoms with E-state index in [-0.39, 0.29) is 0 Å². The van der Waals surface area contributed by atoms with Crippen LogP contribution in [0.25, 0.3) is 0 Å². The van der Waals surface area contributed by atoms with Gasteiger partial charge in [-0.2, -0.15) is 4.31 Å². The van der Waals surface area contributed by atoms with Crippen molar-refractivity contribution in [3.8, 4) is 0 Å². The van der Waals surface area contributed by atoms with Gasteiger partial charge < -0.3 is 15.4 Å². The molecule has 23 heavy (non-hydrogen) atoms. The highest BCUT2D eigenvalue weighted by molar-refractivity contribution is 7.89. The molecular formula is C16H25N3O3S. The summed E-state index contributed by atoms with van der Waals surface area (Å²) >= 11 is 0. The van der Waals surface area contributed by atoms with Crippen molar-refractivity contribution in [1.82, 2.24) is 4.31 Å². The number of benzene rings is 1. The summed E-state index contributed by atoms with van der Waals surface area (Å²) in [5.41, 5.74) is 6.81. The summed E-state index contributed by atoms with van der Waals surface area (Å²) in [4.78, 5) is 2.66. The lowest BCUT2D eigenvalue weighted by Gasteiger charge is -2.33. The number of hydrogen-bond donors (Lipinski definition) is 1. The zero-order valence-electron chi connectivity index (χ0n) is 13.4. The molecule has 7 heteroatoms.